The molecule has 3 aromatic rings. The maximum absolute atomic E-state index is 14.8. The number of carboxylic acids is 1. The Morgan fingerprint density at radius 1 is 1.13 bits per heavy atom. The Morgan fingerprint density at radius 3 is 2.42 bits per heavy atom. The third-order valence-electron chi connectivity index (χ3n) is 5.87. The number of fused-ring (bicyclic) bond motifs is 2. The van der Waals surface area contributed by atoms with Gasteiger partial charge in [0.25, 0.3) is 0 Å². The number of carbonyl (C=O) groups is 1. The number of carboxylic acid groups (broad SMARTS) is 1. The molecule has 8 nitrogen and oxygen atoms in total. The summed E-state index contributed by atoms with van der Waals surface area (Å²) in [6.45, 7) is 1.01. The van der Waals surface area contributed by atoms with Crippen LogP contribution in [-0.4, -0.2) is 45.2 Å². The largest absolute Gasteiger partial charge is 0.477 e. The smallest absolute Gasteiger partial charge is 0.341 e. The average molecular weight is 434 g/mol. The number of benzene rings is 1. The van der Waals surface area contributed by atoms with Gasteiger partial charge >= 0.3 is 5.97 Å². The fraction of sp³-hybridized carbons (Fsp3) is 0.250. The first-order chi connectivity index (χ1) is 14.3. The number of nitrogens with two attached hydrogens (primary N) is 1. The summed E-state index contributed by atoms with van der Waals surface area (Å²) in [5.74, 6) is -3.70. The summed E-state index contributed by atoms with van der Waals surface area (Å²) in [7, 11) is 0. The predicted octanol–water partition coefficient (Wildman–Crippen LogP) is 1.07. The van der Waals surface area contributed by atoms with Crippen molar-refractivity contribution in [3.05, 3.63) is 63.7 Å². The van der Waals surface area contributed by atoms with E-state index in [1.165, 1.54) is 0 Å². The number of aromatic carboxylic acids is 1. The first-order valence-corrected chi connectivity index (χ1v) is 9.21. The summed E-state index contributed by atoms with van der Waals surface area (Å²) < 4.78 is 43.7. The molecule has 1 unspecified atom stereocenters. The Hall–Kier alpha value is -3.44. The highest BCUT2D eigenvalue weighted by atomic mass is 19.1. The van der Waals surface area contributed by atoms with Crippen molar-refractivity contribution in [2.45, 2.75) is 6.04 Å². The van der Waals surface area contributed by atoms with Crippen molar-refractivity contribution in [1.82, 2.24) is 9.55 Å². The lowest BCUT2D eigenvalue weighted by Crippen LogP contribution is -2.30. The first kappa shape index (κ1) is 20.8. The van der Waals surface area contributed by atoms with Gasteiger partial charge in [-0.15, -0.1) is 0 Å². The zero-order chi connectivity index (χ0) is 21.3. The molecule has 3 heterocycles. The fourth-order valence-electron chi connectivity index (χ4n) is 4.19. The van der Waals surface area contributed by atoms with Crippen molar-refractivity contribution in [3.8, 4) is 5.69 Å². The van der Waals surface area contributed by atoms with Gasteiger partial charge in [0.2, 0.25) is 5.43 Å². The van der Waals surface area contributed by atoms with Crippen molar-refractivity contribution < 1.29 is 28.5 Å². The van der Waals surface area contributed by atoms with Gasteiger partial charge in [0.1, 0.15) is 17.2 Å². The number of pyridine rings is 2. The molecule has 1 saturated carbocycles. The van der Waals surface area contributed by atoms with E-state index in [1.54, 1.807) is 4.90 Å². The van der Waals surface area contributed by atoms with Crippen LogP contribution in [0.5, 0.6) is 0 Å². The number of aromatic nitrogens is 2. The fourth-order valence-corrected chi connectivity index (χ4v) is 4.19. The van der Waals surface area contributed by atoms with Crippen LogP contribution in [0.3, 0.4) is 0 Å². The van der Waals surface area contributed by atoms with Crippen LogP contribution >= 0.6 is 0 Å². The second-order valence-electron chi connectivity index (χ2n) is 7.62. The van der Waals surface area contributed by atoms with Crippen LogP contribution in [0.2, 0.25) is 0 Å². The lowest BCUT2D eigenvalue weighted by molar-refractivity contribution is 0.0695. The van der Waals surface area contributed by atoms with Gasteiger partial charge in [-0.1, -0.05) is 0 Å². The zero-order valence-electron chi connectivity index (χ0n) is 15.8. The van der Waals surface area contributed by atoms with E-state index in [-0.39, 0.29) is 45.9 Å². The molecule has 2 fully saturated rings. The highest BCUT2D eigenvalue weighted by Crippen LogP contribution is 2.45. The standard InChI is InChI=1S/C20H15F3N4O3.H2O/c21-8-1-2-15(13(22)3-8)27-7-12(20(29)30)17(28)9-4-14(23)19(25-18(9)27)26-5-10-11(6-26)16(10)24;/h1-4,7,10-11,16H,5-6,24H2,(H,29,30);1H2/t10-,11+,16?;. The molecule has 5 rings (SSSR count). The van der Waals surface area contributed by atoms with Crippen molar-refractivity contribution in [2.24, 2.45) is 17.6 Å². The molecule has 0 spiro atoms. The highest BCUT2D eigenvalue weighted by Gasteiger charge is 2.54. The topological polar surface area (TPSA) is 133 Å². The van der Waals surface area contributed by atoms with Crippen LogP contribution in [-0.2, 0) is 0 Å². The molecule has 0 radical (unpaired) electrons. The minimum absolute atomic E-state index is 0. The van der Waals surface area contributed by atoms with Gasteiger partial charge in [-0.3, -0.25) is 9.36 Å². The monoisotopic (exact) mass is 434 g/mol. The predicted molar refractivity (Wildman–Crippen MR) is 105 cm³/mol. The van der Waals surface area contributed by atoms with Gasteiger partial charge in [-0.25, -0.2) is 22.9 Å². The molecule has 1 saturated heterocycles. The summed E-state index contributed by atoms with van der Waals surface area (Å²) in [5.41, 5.74) is 3.94. The summed E-state index contributed by atoms with van der Waals surface area (Å²) >= 11 is 0. The molecule has 1 aliphatic heterocycles. The molecule has 11 heteroatoms. The number of hydrogen-bond donors (Lipinski definition) is 2. The van der Waals surface area contributed by atoms with Crippen molar-refractivity contribution >= 4 is 22.8 Å². The van der Waals surface area contributed by atoms with E-state index in [1.807, 2.05) is 0 Å². The SMILES string of the molecule is NC1[C@H]2CN(c3nc4c(cc3F)c(=O)c(C(=O)O)cn4-c3ccc(F)cc3F)C[C@@H]12.O. The van der Waals surface area contributed by atoms with Crippen LogP contribution in [0, 0.1) is 29.3 Å². The van der Waals surface area contributed by atoms with Gasteiger partial charge < -0.3 is 21.2 Å². The molecule has 31 heavy (non-hydrogen) atoms. The Kier molecular flexibility index (Phi) is 4.74. The van der Waals surface area contributed by atoms with Gasteiger partial charge in [0.05, 0.1) is 11.1 Å². The zero-order valence-corrected chi connectivity index (χ0v) is 15.8. The number of nitrogens with zero attached hydrogens (tertiary/aromatic N) is 3. The van der Waals surface area contributed by atoms with E-state index in [2.05, 4.69) is 4.98 Å². The Labute approximate surface area is 172 Å². The maximum atomic E-state index is 14.8. The molecule has 2 aliphatic rings. The van der Waals surface area contributed by atoms with Crippen molar-refractivity contribution in [1.29, 1.82) is 0 Å². The second kappa shape index (κ2) is 7.06. The highest BCUT2D eigenvalue weighted by molar-refractivity contribution is 5.92. The normalized spacial score (nSPS) is 21.7. The first-order valence-electron chi connectivity index (χ1n) is 9.21. The average Bonchev–Trinajstić information content (AvgIpc) is 3.10. The molecule has 5 N–H and O–H groups in total. The molecule has 1 aromatic carbocycles. The van der Waals surface area contributed by atoms with Gasteiger partial charge in [-0.05, 0) is 30.0 Å². The van der Waals surface area contributed by atoms with Crippen LogP contribution in [0.1, 0.15) is 10.4 Å². The third kappa shape index (κ3) is 3.13. The second-order valence-corrected chi connectivity index (χ2v) is 7.62. The minimum Gasteiger partial charge on any atom is -0.477 e. The number of piperidine rings is 1. The van der Waals surface area contributed by atoms with Crippen LogP contribution < -0.4 is 16.1 Å². The quantitative estimate of drug-likeness (QED) is 0.634. The molecule has 1 aliphatic carbocycles. The van der Waals surface area contributed by atoms with E-state index in [0.717, 1.165) is 29.0 Å². The summed E-state index contributed by atoms with van der Waals surface area (Å²) in [6, 6.07) is 3.69. The van der Waals surface area contributed by atoms with Crippen molar-refractivity contribution in [2.75, 3.05) is 18.0 Å². The maximum Gasteiger partial charge on any atom is 0.341 e. The Bertz CT molecular complexity index is 1280. The van der Waals surface area contributed by atoms with Gasteiger partial charge in [0.15, 0.2) is 17.3 Å². The molecule has 3 atom stereocenters. The molecular weight excluding hydrogens is 417 g/mol. The van der Waals surface area contributed by atoms with E-state index >= 15 is 0 Å². The lowest BCUT2D eigenvalue weighted by Gasteiger charge is -2.22. The molecule has 2 aromatic heterocycles. The van der Waals surface area contributed by atoms with E-state index < -0.39 is 34.4 Å². The van der Waals surface area contributed by atoms with Crippen LogP contribution in [0.15, 0.2) is 35.3 Å². The Morgan fingerprint density at radius 2 is 1.81 bits per heavy atom. The summed E-state index contributed by atoms with van der Waals surface area (Å²) in [5, 5.41) is 9.05. The Balaban J connectivity index is 0.00000231. The number of halogens is 3. The van der Waals surface area contributed by atoms with E-state index in [9.17, 15) is 27.9 Å². The van der Waals surface area contributed by atoms with E-state index in [0.29, 0.717) is 19.2 Å². The van der Waals surface area contributed by atoms with Gasteiger partial charge in [0, 0.05) is 31.4 Å². The third-order valence-corrected chi connectivity index (χ3v) is 5.87. The molecular formula is C20H17F3N4O4. The number of anilines is 1. The molecule has 0 amide bonds. The summed E-state index contributed by atoms with van der Waals surface area (Å²) in [4.78, 5) is 30.1. The van der Waals surface area contributed by atoms with Gasteiger partial charge in [-0.2, -0.15) is 0 Å². The van der Waals surface area contributed by atoms with E-state index in [4.69, 9.17) is 5.73 Å². The van der Waals surface area contributed by atoms with Crippen LogP contribution in [0.4, 0.5) is 19.0 Å². The van der Waals surface area contributed by atoms with Crippen LogP contribution in [0.25, 0.3) is 16.7 Å². The molecule has 0 bridgehead atoms. The summed E-state index contributed by atoms with van der Waals surface area (Å²) in [6.07, 6.45) is 0.912. The minimum atomic E-state index is -1.56. The number of rotatable bonds is 3. The molecule has 162 valence electrons. The number of hydrogen-bond acceptors (Lipinski definition) is 5. The van der Waals surface area contributed by atoms with Crippen molar-refractivity contribution in [3.63, 3.8) is 0 Å². The lowest BCUT2D eigenvalue weighted by atomic mass is 10.1.